The highest BCUT2D eigenvalue weighted by Crippen LogP contribution is 2.42. The van der Waals surface area contributed by atoms with E-state index in [9.17, 15) is 5.11 Å². The largest absolute Gasteiger partial charge is 0.399 e. The van der Waals surface area contributed by atoms with E-state index in [0.29, 0.717) is 11.4 Å². The first-order valence-corrected chi connectivity index (χ1v) is 10.5. The van der Waals surface area contributed by atoms with Crippen LogP contribution in [-0.4, -0.2) is 32.1 Å². The van der Waals surface area contributed by atoms with E-state index < -0.39 is 6.29 Å². The Morgan fingerprint density at radius 1 is 1.14 bits per heavy atom. The second kappa shape index (κ2) is 8.96. The summed E-state index contributed by atoms with van der Waals surface area (Å²) in [5, 5.41) is 16.9. The monoisotopic (exact) mass is 412 g/mol. The number of ether oxygens (including phenoxy) is 2. The van der Waals surface area contributed by atoms with Crippen LogP contribution in [0.4, 0.5) is 5.69 Å². The first-order valence-electron chi connectivity index (χ1n) is 9.48. The molecule has 1 aromatic heterocycles. The molecular formula is C21H24N4O3S. The Hall–Kier alpha value is -2.39. The molecule has 1 fully saturated rings. The fraction of sp³-hybridized carbons (Fsp3) is 0.333. The second-order valence-electron chi connectivity index (χ2n) is 7.09. The molecule has 0 saturated carbocycles. The lowest BCUT2D eigenvalue weighted by molar-refractivity contribution is -0.268. The maximum absolute atomic E-state index is 9.33. The summed E-state index contributed by atoms with van der Waals surface area (Å²) in [7, 11) is 0. The van der Waals surface area contributed by atoms with Gasteiger partial charge in [0.25, 0.3) is 0 Å². The third-order valence-electron chi connectivity index (χ3n) is 5.08. The van der Waals surface area contributed by atoms with Crippen LogP contribution in [0.3, 0.4) is 0 Å². The van der Waals surface area contributed by atoms with Crippen LogP contribution >= 0.6 is 11.8 Å². The van der Waals surface area contributed by atoms with Gasteiger partial charge in [0.15, 0.2) is 11.4 Å². The number of rotatable bonds is 6. The number of thioether (sulfide) groups is 1. The van der Waals surface area contributed by atoms with Crippen LogP contribution in [0.1, 0.15) is 36.0 Å². The molecule has 0 radical (unpaired) electrons. The van der Waals surface area contributed by atoms with Gasteiger partial charge < -0.3 is 20.3 Å². The molecule has 3 aromatic rings. The van der Waals surface area contributed by atoms with Gasteiger partial charge >= 0.3 is 0 Å². The van der Waals surface area contributed by atoms with Crippen molar-refractivity contribution >= 4 is 17.4 Å². The number of aromatic amines is 1. The highest BCUT2D eigenvalue weighted by Gasteiger charge is 2.38. The number of aliphatic hydroxyl groups excluding tert-OH is 1. The first-order chi connectivity index (χ1) is 14.1. The summed E-state index contributed by atoms with van der Waals surface area (Å²) in [6.45, 7) is 2.15. The van der Waals surface area contributed by atoms with Crippen molar-refractivity contribution in [2.24, 2.45) is 5.92 Å². The Balaban J connectivity index is 1.59. The molecule has 152 valence electrons. The van der Waals surface area contributed by atoms with Crippen molar-refractivity contribution in [2.45, 2.75) is 37.2 Å². The molecule has 4 atom stereocenters. The molecule has 1 aliphatic rings. The number of benzene rings is 2. The van der Waals surface area contributed by atoms with E-state index in [1.165, 1.54) is 6.33 Å². The number of aliphatic hydroxyl groups is 1. The smallest absolute Gasteiger partial charge is 0.185 e. The minimum absolute atomic E-state index is 0.0207. The van der Waals surface area contributed by atoms with Gasteiger partial charge in [0.2, 0.25) is 0 Å². The van der Waals surface area contributed by atoms with E-state index in [1.54, 1.807) is 11.8 Å². The number of nitrogens with two attached hydrogens (primary N) is 1. The molecule has 0 unspecified atom stereocenters. The Bertz CT molecular complexity index is 920. The van der Waals surface area contributed by atoms with Gasteiger partial charge in [-0.05, 0) is 23.3 Å². The molecule has 7 nitrogen and oxygen atoms in total. The number of H-pyrrole nitrogens is 1. The van der Waals surface area contributed by atoms with Gasteiger partial charge in [-0.1, -0.05) is 55.1 Å². The fourth-order valence-electron chi connectivity index (χ4n) is 3.44. The lowest BCUT2D eigenvalue weighted by Crippen LogP contribution is -2.38. The van der Waals surface area contributed by atoms with Gasteiger partial charge in [-0.2, -0.15) is 5.10 Å². The van der Waals surface area contributed by atoms with Crippen molar-refractivity contribution in [1.29, 1.82) is 0 Å². The first kappa shape index (κ1) is 19.9. The van der Waals surface area contributed by atoms with Crippen molar-refractivity contribution < 1.29 is 14.6 Å². The van der Waals surface area contributed by atoms with Crippen molar-refractivity contribution in [1.82, 2.24) is 15.2 Å². The molecule has 2 aromatic carbocycles. The van der Waals surface area contributed by atoms with Crippen LogP contribution in [0.25, 0.3) is 0 Å². The molecule has 29 heavy (non-hydrogen) atoms. The summed E-state index contributed by atoms with van der Waals surface area (Å²) in [6, 6.07) is 15.5. The number of hydrogen-bond acceptors (Lipinski definition) is 7. The number of nitrogens with one attached hydrogen (secondary N) is 1. The highest BCUT2D eigenvalue weighted by atomic mass is 32.2. The summed E-state index contributed by atoms with van der Waals surface area (Å²) in [4.78, 5) is 4.18. The van der Waals surface area contributed by atoms with Gasteiger partial charge in [-0.15, -0.1) is 0 Å². The van der Waals surface area contributed by atoms with E-state index in [-0.39, 0.29) is 24.7 Å². The van der Waals surface area contributed by atoms with Gasteiger partial charge in [0.1, 0.15) is 6.33 Å². The number of anilines is 1. The highest BCUT2D eigenvalue weighted by molar-refractivity contribution is 7.99. The fourth-order valence-corrected chi connectivity index (χ4v) is 4.38. The van der Waals surface area contributed by atoms with Gasteiger partial charge in [0.05, 0.1) is 18.8 Å². The zero-order valence-electron chi connectivity index (χ0n) is 16.1. The number of nitrogen functional groups attached to an aromatic ring is 1. The van der Waals surface area contributed by atoms with E-state index in [4.69, 9.17) is 15.2 Å². The van der Waals surface area contributed by atoms with E-state index in [0.717, 1.165) is 21.8 Å². The quantitative estimate of drug-likeness (QED) is 0.420. The Kier molecular flexibility index (Phi) is 6.15. The maximum Gasteiger partial charge on any atom is 0.185 e. The summed E-state index contributed by atoms with van der Waals surface area (Å²) >= 11 is 1.57. The van der Waals surface area contributed by atoms with E-state index in [1.807, 2.05) is 48.5 Å². The SMILES string of the molecule is C[C@@H]1[C@H](CSc2ncn[nH]2)O[C@H](c2cccc(N)c2)O[C@@H]1c1ccc(CO)cc1. The molecule has 0 aliphatic carbocycles. The second-order valence-corrected chi connectivity index (χ2v) is 8.10. The van der Waals surface area contributed by atoms with Crippen LogP contribution in [-0.2, 0) is 16.1 Å². The number of nitrogens with zero attached hydrogens (tertiary/aromatic N) is 2. The Morgan fingerprint density at radius 2 is 1.97 bits per heavy atom. The molecule has 2 heterocycles. The maximum atomic E-state index is 9.33. The lowest BCUT2D eigenvalue weighted by Gasteiger charge is -2.41. The molecule has 8 heteroatoms. The summed E-state index contributed by atoms with van der Waals surface area (Å²) in [5.74, 6) is 0.826. The minimum atomic E-state index is -0.516. The van der Waals surface area contributed by atoms with Crippen LogP contribution in [0, 0.1) is 5.92 Å². The van der Waals surface area contributed by atoms with Gasteiger partial charge in [-0.3, -0.25) is 5.10 Å². The summed E-state index contributed by atoms with van der Waals surface area (Å²) in [6.07, 6.45) is 0.770. The minimum Gasteiger partial charge on any atom is -0.399 e. The average molecular weight is 413 g/mol. The molecule has 0 spiro atoms. The summed E-state index contributed by atoms with van der Waals surface area (Å²) in [5.41, 5.74) is 9.46. The molecule has 0 bridgehead atoms. The molecule has 4 rings (SSSR count). The zero-order chi connectivity index (χ0) is 20.2. The van der Waals surface area contributed by atoms with Crippen molar-refractivity contribution in [2.75, 3.05) is 11.5 Å². The molecule has 4 N–H and O–H groups in total. The van der Waals surface area contributed by atoms with Crippen molar-refractivity contribution in [3.8, 4) is 0 Å². The topological polar surface area (TPSA) is 106 Å². The normalized spacial score (nSPS) is 24.5. The van der Waals surface area contributed by atoms with Crippen LogP contribution in [0.5, 0.6) is 0 Å². The predicted molar refractivity (Wildman–Crippen MR) is 111 cm³/mol. The molecular weight excluding hydrogens is 388 g/mol. The van der Waals surface area contributed by atoms with Gasteiger partial charge in [-0.25, -0.2) is 4.98 Å². The standard InChI is InChI=1S/C21H24N4O3S/c1-13-18(11-29-21-23-12-24-25-21)27-20(16-3-2-4-17(22)9-16)28-19(13)15-7-5-14(10-26)6-8-15/h2-9,12-13,18-20,26H,10-11,22H2,1H3,(H,23,24,25)/t13-,18+,19+,20+/m1/s1. The predicted octanol–water partition coefficient (Wildman–Crippen LogP) is 3.46. The molecule has 1 saturated heterocycles. The van der Waals surface area contributed by atoms with Crippen LogP contribution in [0.2, 0.25) is 0 Å². The van der Waals surface area contributed by atoms with E-state index >= 15 is 0 Å². The van der Waals surface area contributed by atoms with Crippen LogP contribution < -0.4 is 5.73 Å². The van der Waals surface area contributed by atoms with Crippen LogP contribution in [0.15, 0.2) is 60.0 Å². The Labute approximate surface area is 173 Å². The van der Waals surface area contributed by atoms with Crippen molar-refractivity contribution in [3.63, 3.8) is 0 Å². The zero-order valence-corrected chi connectivity index (χ0v) is 16.9. The molecule has 0 amide bonds. The van der Waals surface area contributed by atoms with Gasteiger partial charge in [0, 0.05) is 22.9 Å². The summed E-state index contributed by atoms with van der Waals surface area (Å²) < 4.78 is 12.7. The number of aromatic nitrogens is 3. The Morgan fingerprint density at radius 3 is 2.66 bits per heavy atom. The third-order valence-corrected chi connectivity index (χ3v) is 6.05. The molecule has 1 aliphatic heterocycles. The average Bonchev–Trinajstić information content (AvgIpc) is 3.27. The lowest BCUT2D eigenvalue weighted by atomic mass is 9.91. The number of hydrogen-bond donors (Lipinski definition) is 3. The third kappa shape index (κ3) is 4.62. The van der Waals surface area contributed by atoms with Crippen molar-refractivity contribution in [3.05, 3.63) is 71.5 Å². The van der Waals surface area contributed by atoms with E-state index in [2.05, 4.69) is 22.1 Å².